The van der Waals surface area contributed by atoms with Crippen LogP contribution in [0.4, 0.5) is 0 Å². The second-order valence-electron chi connectivity index (χ2n) is 4.50. The molecule has 0 heterocycles. The van der Waals surface area contributed by atoms with Crippen molar-refractivity contribution >= 4 is 21.9 Å². The summed E-state index contributed by atoms with van der Waals surface area (Å²) in [6.45, 7) is 2.79. The largest absolute Gasteiger partial charge is 0.490 e. The number of hydrogen-bond donors (Lipinski definition) is 0. The van der Waals surface area contributed by atoms with Gasteiger partial charge in [0, 0.05) is 4.47 Å². The third-order valence-electron chi connectivity index (χ3n) is 2.97. The number of rotatable bonds is 6. The summed E-state index contributed by atoms with van der Waals surface area (Å²) in [7, 11) is 1.35. The van der Waals surface area contributed by atoms with Crippen LogP contribution in [0.2, 0.25) is 0 Å². The Bertz CT molecular complexity index is 638. The number of ether oxygens (including phenoxy) is 3. The summed E-state index contributed by atoms with van der Waals surface area (Å²) in [6.07, 6.45) is 0. The van der Waals surface area contributed by atoms with Gasteiger partial charge < -0.3 is 14.2 Å². The maximum absolute atomic E-state index is 11.6. The number of halogens is 1. The molecule has 0 spiro atoms. The molecule has 0 N–H and O–H groups in total. The van der Waals surface area contributed by atoms with Gasteiger partial charge >= 0.3 is 5.97 Å². The molecule has 0 aliphatic carbocycles. The number of benzene rings is 2. The Balaban J connectivity index is 2.15. The second-order valence-corrected chi connectivity index (χ2v) is 5.42. The molecule has 0 bridgehead atoms. The van der Waals surface area contributed by atoms with E-state index in [0.717, 1.165) is 10.0 Å². The highest BCUT2D eigenvalue weighted by Gasteiger charge is 2.12. The fourth-order valence-electron chi connectivity index (χ4n) is 1.88. The van der Waals surface area contributed by atoms with E-state index in [9.17, 15) is 4.79 Å². The van der Waals surface area contributed by atoms with E-state index in [1.54, 1.807) is 18.2 Å². The van der Waals surface area contributed by atoms with E-state index in [4.69, 9.17) is 14.2 Å². The van der Waals surface area contributed by atoms with Crippen molar-refractivity contribution in [1.82, 2.24) is 0 Å². The number of carbonyl (C=O) groups excluding carboxylic acids is 1. The predicted molar refractivity (Wildman–Crippen MR) is 87.4 cm³/mol. The standard InChI is InChI=1S/C17H17BrO4/c1-3-21-16-10-13(17(19)20-2)6-9-15(16)22-11-12-4-7-14(18)8-5-12/h4-10H,3,11H2,1-2H3. The van der Waals surface area contributed by atoms with Crippen molar-refractivity contribution in [2.45, 2.75) is 13.5 Å². The van der Waals surface area contributed by atoms with Gasteiger partial charge in [0.05, 0.1) is 19.3 Å². The molecule has 4 nitrogen and oxygen atoms in total. The van der Waals surface area contributed by atoms with Crippen LogP contribution in [0.15, 0.2) is 46.9 Å². The number of hydrogen-bond acceptors (Lipinski definition) is 4. The van der Waals surface area contributed by atoms with Gasteiger partial charge in [0.25, 0.3) is 0 Å². The zero-order valence-electron chi connectivity index (χ0n) is 12.5. The van der Waals surface area contributed by atoms with Crippen LogP contribution in [-0.2, 0) is 11.3 Å². The van der Waals surface area contributed by atoms with E-state index in [0.29, 0.717) is 30.3 Å². The number of methoxy groups -OCH3 is 1. The summed E-state index contributed by atoms with van der Waals surface area (Å²) in [5.41, 5.74) is 1.48. The molecule has 0 aliphatic heterocycles. The Labute approximate surface area is 138 Å². The van der Waals surface area contributed by atoms with Gasteiger partial charge in [-0.3, -0.25) is 0 Å². The SMILES string of the molecule is CCOc1cc(C(=O)OC)ccc1OCc1ccc(Br)cc1. The Hall–Kier alpha value is -2.01. The van der Waals surface area contributed by atoms with Crippen LogP contribution in [0, 0.1) is 0 Å². The fourth-order valence-corrected chi connectivity index (χ4v) is 2.15. The van der Waals surface area contributed by atoms with Crippen LogP contribution in [-0.4, -0.2) is 19.7 Å². The van der Waals surface area contributed by atoms with Crippen molar-refractivity contribution in [2.24, 2.45) is 0 Å². The Morgan fingerprint density at radius 1 is 1.05 bits per heavy atom. The second kappa shape index (κ2) is 7.84. The van der Waals surface area contributed by atoms with E-state index < -0.39 is 5.97 Å². The molecule has 0 saturated carbocycles. The molecule has 2 aromatic carbocycles. The fraction of sp³-hybridized carbons (Fsp3) is 0.235. The maximum atomic E-state index is 11.6. The molecule has 5 heteroatoms. The van der Waals surface area contributed by atoms with Gasteiger partial charge in [0.1, 0.15) is 6.61 Å². The van der Waals surface area contributed by atoms with Crippen molar-refractivity contribution in [1.29, 1.82) is 0 Å². The van der Waals surface area contributed by atoms with Crippen molar-refractivity contribution in [2.75, 3.05) is 13.7 Å². The van der Waals surface area contributed by atoms with Gasteiger partial charge in [-0.1, -0.05) is 28.1 Å². The van der Waals surface area contributed by atoms with E-state index >= 15 is 0 Å². The zero-order valence-corrected chi connectivity index (χ0v) is 14.1. The van der Waals surface area contributed by atoms with Crippen LogP contribution in [0.5, 0.6) is 11.5 Å². The van der Waals surface area contributed by atoms with E-state index in [-0.39, 0.29) is 0 Å². The van der Waals surface area contributed by atoms with Crippen LogP contribution < -0.4 is 9.47 Å². The summed E-state index contributed by atoms with van der Waals surface area (Å²) in [4.78, 5) is 11.6. The minimum Gasteiger partial charge on any atom is -0.490 e. The first-order valence-corrected chi connectivity index (χ1v) is 7.65. The van der Waals surface area contributed by atoms with Gasteiger partial charge in [-0.15, -0.1) is 0 Å². The van der Waals surface area contributed by atoms with E-state index in [2.05, 4.69) is 15.9 Å². The summed E-state index contributed by atoms with van der Waals surface area (Å²) in [6, 6.07) is 12.9. The lowest BCUT2D eigenvalue weighted by Crippen LogP contribution is -2.04. The highest BCUT2D eigenvalue weighted by molar-refractivity contribution is 9.10. The van der Waals surface area contributed by atoms with Gasteiger partial charge in [-0.2, -0.15) is 0 Å². The van der Waals surface area contributed by atoms with Gasteiger partial charge in [-0.25, -0.2) is 4.79 Å². The Morgan fingerprint density at radius 3 is 2.41 bits per heavy atom. The van der Waals surface area contributed by atoms with Crippen molar-refractivity contribution in [3.8, 4) is 11.5 Å². The monoisotopic (exact) mass is 364 g/mol. The molecule has 116 valence electrons. The number of esters is 1. The van der Waals surface area contributed by atoms with Crippen molar-refractivity contribution < 1.29 is 19.0 Å². The van der Waals surface area contributed by atoms with Crippen LogP contribution in [0.25, 0.3) is 0 Å². The minimum absolute atomic E-state index is 0.402. The first kappa shape index (κ1) is 16.4. The summed E-state index contributed by atoms with van der Waals surface area (Å²) in [5.74, 6) is 0.723. The first-order chi connectivity index (χ1) is 10.6. The molecule has 22 heavy (non-hydrogen) atoms. The van der Waals surface area contributed by atoms with Gasteiger partial charge in [0.2, 0.25) is 0 Å². The molecule has 0 atom stereocenters. The lowest BCUT2D eigenvalue weighted by molar-refractivity contribution is 0.0600. The highest BCUT2D eigenvalue weighted by atomic mass is 79.9. The molecule has 0 fully saturated rings. The third kappa shape index (κ3) is 4.24. The van der Waals surface area contributed by atoms with Crippen LogP contribution in [0.3, 0.4) is 0 Å². The van der Waals surface area contributed by atoms with Crippen LogP contribution >= 0.6 is 15.9 Å². The van der Waals surface area contributed by atoms with Crippen LogP contribution in [0.1, 0.15) is 22.8 Å². The number of carbonyl (C=O) groups is 1. The zero-order chi connectivity index (χ0) is 15.9. The minimum atomic E-state index is -0.402. The topological polar surface area (TPSA) is 44.8 Å². The normalized spacial score (nSPS) is 10.1. The third-order valence-corrected chi connectivity index (χ3v) is 3.50. The highest BCUT2D eigenvalue weighted by Crippen LogP contribution is 2.29. The van der Waals surface area contributed by atoms with E-state index in [1.807, 2.05) is 31.2 Å². The molecule has 0 radical (unpaired) electrons. The average Bonchev–Trinajstić information content (AvgIpc) is 2.54. The van der Waals surface area contributed by atoms with Gasteiger partial charge in [-0.05, 0) is 42.8 Å². The molecule has 2 rings (SSSR count). The van der Waals surface area contributed by atoms with Crippen molar-refractivity contribution in [3.05, 3.63) is 58.1 Å². The van der Waals surface area contributed by atoms with Crippen molar-refractivity contribution in [3.63, 3.8) is 0 Å². The molecule has 0 aromatic heterocycles. The molecular weight excluding hydrogens is 348 g/mol. The summed E-state index contributed by atoms with van der Waals surface area (Å²) in [5, 5.41) is 0. The summed E-state index contributed by atoms with van der Waals surface area (Å²) < 4.78 is 17.1. The lowest BCUT2D eigenvalue weighted by atomic mass is 10.2. The smallest absolute Gasteiger partial charge is 0.337 e. The summed E-state index contributed by atoms with van der Waals surface area (Å²) >= 11 is 3.40. The maximum Gasteiger partial charge on any atom is 0.337 e. The predicted octanol–water partition coefficient (Wildman–Crippen LogP) is 4.21. The molecule has 2 aromatic rings. The lowest BCUT2D eigenvalue weighted by Gasteiger charge is -2.13. The quantitative estimate of drug-likeness (QED) is 0.720. The molecular formula is C17H17BrO4. The molecule has 0 amide bonds. The Kier molecular flexibility index (Phi) is 5.83. The molecule has 0 saturated heterocycles. The molecule has 0 unspecified atom stereocenters. The Morgan fingerprint density at radius 2 is 1.77 bits per heavy atom. The van der Waals surface area contributed by atoms with Gasteiger partial charge in [0.15, 0.2) is 11.5 Å². The first-order valence-electron chi connectivity index (χ1n) is 6.86. The molecule has 0 aliphatic rings. The van der Waals surface area contributed by atoms with E-state index in [1.165, 1.54) is 7.11 Å². The average molecular weight is 365 g/mol.